The molecule has 1 aliphatic carbocycles. The molecule has 2 aliphatic rings. The van der Waals surface area contributed by atoms with Crippen molar-refractivity contribution in [2.45, 2.75) is 26.7 Å². The molecule has 0 unspecified atom stereocenters. The first-order valence-corrected chi connectivity index (χ1v) is 8.43. The lowest BCUT2D eigenvalue weighted by atomic mass is 9.48. The van der Waals surface area contributed by atoms with Gasteiger partial charge < -0.3 is 10.6 Å². The molecule has 0 bridgehead atoms. The van der Waals surface area contributed by atoms with Gasteiger partial charge in [-0.3, -0.25) is 9.59 Å². The van der Waals surface area contributed by atoms with E-state index in [1.54, 1.807) is 23.1 Å². The van der Waals surface area contributed by atoms with Gasteiger partial charge in [0.05, 0.1) is 21.9 Å². The summed E-state index contributed by atoms with van der Waals surface area (Å²) in [5.74, 6) is -0.147. The van der Waals surface area contributed by atoms with Crippen LogP contribution in [-0.4, -0.2) is 29.8 Å². The lowest BCUT2D eigenvalue weighted by Gasteiger charge is -2.54. The minimum atomic E-state index is -0.545. The monoisotopic (exact) mass is 354 g/mol. The van der Waals surface area contributed by atoms with Gasteiger partial charge in [0, 0.05) is 13.1 Å². The van der Waals surface area contributed by atoms with Crippen LogP contribution in [-0.2, 0) is 16.0 Å². The summed E-state index contributed by atoms with van der Waals surface area (Å²) in [6.45, 7) is 5.28. The normalized spacial score (nSPS) is 28.2. The van der Waals surface area contributed by atoms with Crippen molar-refractivity contribution >= 4 is 35.0 Å². The highest BCUT2D eigenvalue weighted by molar-refractivity contribution is 6.42. The first-order chi connectivity index (χ1) is 10.7. The highest BCUT2D eigenvalue weighted by Gasteiger charge is 2.66. The van der Waals surface area contributed by atoms with Crippen molar-refractivity contribution in [3.05, 3.63) is 33.8 Å². The molecule has 0 spiro atoms. The van der Waals surface area contributed by atoms with Gasteiger partial charge >= 0.3 is 0 Å². The van der Waals surface area contributed by atoms with Gasteiger partial charge in [-0.15, -0.1) is 0 Å². The van der Waals surface area contributed by atoms with Crippen LogP contribution in [0.3, 0.4) is 0 Å². The third-order valence-electron chi connectivity index (χ3n) is 5.44. The van der Waals surface area contributed by atoms with Crippen molar-refractivity contribution in [3.8, 4) is 0 Å². The Bertz CT molecular complexity index is 689. The maximum absolute atomic E-state index is 12.6. The van der Waals surface area contributed by atoms with Crippen LogP contribution in [0, 0.1) is 16.7 Å². The number of fused-ring (bicyclic) bond motifs is 1. The van der Waals surface area contributed by atoms with Crippen molar-refractivity contribution in [3.63, 3.8) is 0 Å². The van der Waals surface area contributed by atoms with Crippen molar-refractivity contribution in [2.75, 3.05) is 13.1 Å². The smallest absolute Gasteiger partial charge is 0.227 e. The maximum Gasteiger partial charge on any atom is 0.227 e. The van der Waals surface area contributed by atoms with Gasteiger partial charge in [0.25, 0.3) is 0 Å². The number of hydrogen-bond donors (Lipinski definition) is 1. The first-order valence-electron chi connectivity index (χ1n) is 7.67. The highest BCUT2D eigenvalue weighted by atomic mass is 35.5. The zero-order chi connectivity index (χ0) is 17.0. The number of carbonyl (C=O) groups excluding carboxylic acids is 2. The van der Waals surface area contributed by atoms with Crippen LogP contribution in [0.25, 0.3) is 0 Å². The molecule has 23 heavy (non-hydrogen) atoms. The number of hydrogen-bond acceptors (Lipinski definition) is 2. The van der Waals surface area contributed by atoms with Crippen molar-refractivity contribution in [2.24, 2.45) is 22.5 Å². The van der Waals surface area contributed by atoms with Crippen LogP contribution in [0.1, 0.15) is 25.8 Å². The number of primary amides is 1. The molecule has 1 aliphatic heterocycles. The van der Waals surface area contributed by atoms with E-state index in [1.807, 2.05) is 0 Å². The number of halogens is 2. The molecule has 1 aromatic rings. The van der Waals surface area contributed by atoms with E-state index >= 15 is 0 Å². The standard InChI is InChI=1S/C17H20Cl2N2O2/c1-16(2)8-17(15(20)23)9-21(7-13(16)17)14(22)6-10-3-4-11(18)12(19)5-10/h3-5,13H,6-9H2,1-2H3,(H2,20,23)/t13-,17+/m1/s1. The summed E-state index contributed by atoms with van der Waals surface area (Å²) in [5, 5.41) is 0.907. The molecule has 2 amide bonds. The molecule has 2 atom stereocenters. The third-order valence-corrected chi connectivity index (χ3v) is 6.18. The molecule has 1 heterocycles. The van der Waals surface area contributed by atoms with Gasteiger partial charge in [-0.2, -0.15) is 0 Å². The quantitative estimate of drug-likeness (QED) is 0.906. The van der Waals surface area contributed by atoms with Gasteiger partial charge in [-0.25, -0.2) is 0 Å². The molecule has 1 saturated heterocycles. The number of rotatable bonds is 3. The molecular formula is C17H20Cl2N2O2. The molecule has 124 valence electrons. The summed E-state index contributed by atoms with van der Waals surface area (Å²) >= 11 is 11.9. The molecule has 2 N–H and O–H groups in total. The van der Waals surface area contributed by atoms with E-state index in [1.165, 1.54) is 0 Å². The van der Waals surface area contributed by atoms with Crippen molar-refractivity contribution in [1.82, 2.24) is 4.90 Å². The van der Waals surface area contributed by atoms with Crippen molar-refractivity contribution < 1.29 is 9.59 Å². The van der Waals surface area contributed by atoms with E-state index in [2.05, 4.69) is 13.8 Å². The Kier molecular flexibility index (Phi) is 3.88. The van der Waals surface area contributed by atoms with E-state index in [0.29, 0.717) is 23.1 Å². The Balaban J connectivity index is 1.74. The lowest BCUT2D eigenvalue weighted by molar-refractivity contribution is -0.148. The van der Waals surface area contributed by atoms with Gasteiger partial charge in [-0.05, 0) is 35.4 Å². The molecule has 0 radical (unpaired) electrons. The Morgan fingerprint density at radius 1 is 1.30 bits per heavy atom. The van der Waals surface area contributed by atoms with Crippen LogP contribution < -0.4 is 5.73 Å². The molecule has 3 rings (SSSR count). The third kappa shape index (κ3) is 2.62. The van der Waals surface area contributed by atoms with Gasteiger partial charge in [-0.1, -0.05) is 43.1 Å². The summed E-state index contributed by atoms with van der Waals surface area (Å²) in [4.78, 5) is 26.3. The van der Waals surface area contributed by atoms with E-state index in [4.69, 9.17) is 28.9 Å². The Morgan fingerprint density at radius 3 is 2.52 bits per heavy atom. The molecule has 2 fully saturated rings. The van der Waals surface area contributed by atoms with E-state index in [9.17, 15) is 9.59 Å². The Labute approximate surface area is 145 Å². The van der Waals surface area contributed by atoms with Gasteiger partial charge in [0.15, 0.2) is 0 Å². The average Bonchev–Trinajstić information content (AvgIpc) is 2.79. The second kappa shape index (κ2) is 5.38. The Hall–Kier alpha value is -1.26. The minimum absolute atomic E-state index is 0.00536. The fraction of sp³-hybridized carbons (Fsp3) is 0.529. The second-order valence-electron chi connectivity index (χ2n) is 7.44. The molecular weight excluding hydrogens is 335 g/mol. The van der Waals surface area contributed by atoms with E-state index in [0.717, 1.165) is 12.0 Å². The topological polar surface area (TPSA) is 63.4 Å². The zero-order valence-electron chi connectivity index (χ0n) is 13.2. The number of likely N-dealkylation sites (tertiary alicyclic amines) is 1. The summed E-state index contributed by atoms with van der Waals surface area (Å²) in [7, 11) is 0. The lowest BCUT2D eigenvalue weighted by Crippen LogP contribution is -2.59. The predicted octanol–water partition coefficient (Wildman–Crippen LogP) is 2.90. The Morgan fingerprint density at radius 2 is 2.00 bits per heavy atom. The zero-order valence-corrected chi connectivity index (χ0v) is 14.7. The minimum Gasteiger partial charge on any atom is -0.369 e. The SMILES string of the molecule is CC1(C)C[C@]2(C(N)=O)CN(C(=O)Cc3ccc(Cl)c(Cl)c3)C[C@H]12. The summed E-state index contributed by atoms with van der Waals surface area (Å²) < 4.78 is 0. The largest absolute Gasteiger partial charge is 0.369 e. The number of amides is 2. The van der Waals surface area contributed by atoms with E-state index < -0.39 is 5.41 Å². The van der Waals surface area contributed by atoms with Crippen LogP contribution in [0.4, 0.5) is 0 Å². The summed E-state index contributed by atoms with van der Waals surface area (Å²) in [6.07, 6.45) is 0.995. The number of nitrogens with zero attached hydrogens (tertiary/aromatic N) is 1. The maximum atomic E-state index is 12.6. The fourth-order valence-electron chi connectivity index (χ4n) is 4.35. The van der Waals surface area contributed by atoms with Crippen LogP contribution in [0.15, 0.2) is 18.2 Å². The predicted molar refractivity (Wildman–Crippen MR) is 90.3 cm³/mol. The first kappa shape index (κ1) is 16.6. The summed E-state index contributed by atoms with van der Waals surface area (Å²) in [6, 6.07) is 5.19. The molecule has 4 nitrogen and oxygen atoms in total. The van der Waals surface area contributed by atoms with Gasteiger partial charge in [0.1, 0.15) is 0 Å². The van der Waals surface area contributed by atoms with Crippen LogP contribution in [0.5, 0.6) is 0 Å². The van der Waals surface area contributed by atoms with Gasteiger partial charge in [0.2, 0.25) is 11.8 Å². The van der Waals surface area contributed by atoms with Crippen molar-refractivity contribution in [1.29, 1.82) is 0 Å². The molecule has 0 aromatic heterocycles. The molecule has 6 heteroatoms. The number of nitrogens with two attached hydrogens (primary N) is 1. The fourth-order valence-corrected chi connectivity index (χ4v) is 4.67. The molecule has 1 aromatic carbocycles. The highest BCUT2D eigenvalue weighted by Crippen LogP contribution is 2.62. The van der Waals surface area contributed by atoms with Crippen LogP contribution >= 0.6 is 23.2 Å². The van der Waals surface area contributed by atoms with E-state index in [-0.39, 0.29) is 29.6 Å². The molecule has 1 saturated carbocycles. The second-order valence-corrected chi connectivity index (χ2v) is 8.25. The summed E-state index contributed by atoms with van der Waals surface area (Å²) in [5.41, 5.74) is 5.96. The number of carbonyl (C=O) groups is 2. The average molecular weight is 355 g/mol. The van der Waals surface area contributed by atoms with Crippen LogP contribution in [0.2, 0.25) is 10.0 Å². The number of benzene rings is 1.